The zero-order chi connectivity index (χ0) is 28.7. The molecule has 0 saturated carbocycles. The maximum Gasteiger partial charge on any atom is 4.00 e. The van der Waals surface area contributed by atoms with E-state index in [2.05, 4.69) is 151 Å². The molecular weight excluding hydrogens is 695 g/mol. The van der Waals surface area contributed by atoms with Crippen LogP contribution >= 0.6 is 0 Å². The largest absolute Gasteiger partial charge is 4.00 e. The third-order valence-electron chi connectivity index (χ3n) is 8.85. The monoisotopic (exact) mass is 744 g/mol. The molecular formula is C43H48Hf. The van der Waals surface area contributed by atoms with Gasteiger partial charge in [-0.3, -0.25) is 0 Å². The van der Waals surface area contributed by atoms with Crippen molar-refractivity contribution in [2.24, 2.45) is 11.8 Å². The van der Waals surface area contributed by atoms with E-state index in [0.717, 1.165) is 12.8 Å². The van der Waals surface area contributed by atoms with Crippen LogP contribution in [0.4, 0.5) is 0 Å². The second-order valence-corrected chi connectivity index (χ2v) is 13.1. The maximum atomic E-state index is 2.52. The Hall–Kier alpha value is -3.03. The molecule has 0 spiro atoms. The molecule has 0 aliphatic carbocycles. The summed E-state index contributed by atoms with van der Waals surface area (Å²) in [5.74, 6) is 1.14. The van der Waals surface area contributed by atoms with Gasteiger partial charge in [-0.15, -0.1) is 69.1 Å². The summed E-state index contributed by atoms with van der Waals surface area (Å²) in [6.45, 7) is 13.9. The summed E-state index contributed by atoms with van der Waals surface area (Å²) in [7, 11) is 0. The van der Waals surface area contributed by atoms with Gasteiger partial charge in [-0.05, 0) is 55.1 Å². The minimum Gasteiger partial charge on any atom is -0.358 e. The van der Waals surface area contributed by atoms with Crippen LogP contribution in [0, 0.1) is 40.5 Å². The molecule has 44 heavy (non-hydrogen) atoms. The van der Waals surface area contributed by atoms with Gasteiger partial charge in [0.1, 0.15) is 0 Å². The Bertz CT molecular complexity index is 1650. The van der Waals surface area contributed by atoms with E-state index >= 15 is 0 Å². The van der Waals surface area contributed by atoms with Gasteiger partial charge >= 0.3 is 25.8 Å². The molecule has 0 N–H and O–H groups in total. The van der Waals surface area contributed by atoms with Crippen molar-refractivity contribution in [3.8, 4) is 22.3 Å². The Labute approximate surface area is 286 Å². The van der Waals surface area contributed by atoms with Gasteiger partial charge in [0.15, 0.2) is 0 Å². The smallest absolute Gasteiger partial charge is 0.358 e. The van der Waals surface area contributed by atoms with Gasteiger partial charge < -0.3 is 14.9 Å². The van der Waals surface area contributed by atoms with Crippen molar-refractivity contribution in [3.05, 3.63) is 146 Å². The van der Waals surface area contributed by atoms with Gasteiger partial charge in [0.05, 0.1) is 0 Å². The number of aryl methyl sites for hydroxylation is 2. The number of hydrogen-bond donors (Lipinski definition) is 0. The summed E-state index contributed by atoms with van der Waals surface area (Å²) in [4.78, 5) is 0. The van der Waals surface area contributed by atoms with E-state index in [4.69, 9.17) is 0 Å². The summed E-state index contributed by atoms with van der Waals surface area (Å²) in [5.41, 5.74) is 10.7. The van der Waals surface area contributed by atoms with Crippen LogP contribution in [-0.4, -0.2) is 0 Å². The second kappa shape index (κ2) is 14.4. The average molecular weight is 743 g/mol. The van der Waals surface area contributed by atoms with E-state index in [9.17, 15) is 0 Å². The molecule has 0 atom stereocenters. The van der Waals surface area contributed by atoms with Gasteiger partial charge in [0.25, 0.3) is 0 Å². The molecule has 224 valence electrons. The van der Waals surface area contributed by atoms with Crippen molar-refractivity contribution in [3.63, 3.8) is 0 Å². The van der Waals surface area contributed by atoms with E-state index in [1.54, 1.807) is 0 Å². The summed E-state index contributed by atoms with van der Waals surface area (Å²) >= 11 is 0. The quantitative estimate of drug-likeness (QED) is 0.108. The van der Waals surface area contributed by atoms with Crippen molar-refractivity contribution >= 4 is 21.5 Å². The van der Waals surface area contributed by atoms with Gasteiger partial charge in [-0.1, -0.05) is 111 Å². The summed E-state index contributed by atoms with van der Waals surface area (Å²) in [5, 5.41) is 5.40. The van der Waals surface area contributed by atoms with E-state index in [1.165, 1.54) is 66.1 Å². The van der Waals surface area contributed by atoms with Crippen LogP contribution in [0.3, 0.4) is 0 Å². The molecule has 0 bridgehead atoms. The first-order chi connectivity index (χ1) is 19.7. The van der Waals surface area contributed by atoms with Gasteiger partial charge in [-0.25, -0.2) is 0 Å². The Morgan fingerprint density at radius 2 is 0.909 bits per heavy atom. The summed E-state index contributed by atoms with van der Waals surface area (Å²) in [6, 6.07) is 41.6. The van der Waals surface area contributed by atoms with Crippen LogP contribution in [0.2, 0.25) is 0 Å². The molecule has 0 nitrogen and oxygen atoms in total. The van der Waals surface area contributed by atoms with Crippen molar-refractivity contribution in [2.45, 2.75) is 59.8 Å². The Kier molecular flexibility index (Phi) is 11.6. The maximum absolute atomic E-state index is 2.52. The number of fused-ring (bicyclic) bond motifs is 2. The standard InChI is InChI=1S/C41H42.2CH3.Hf/c1-27(2)25-41(26-28(3)4,35-21-33-9-7-11-37(39(33)23-35)31-17-13-29(5)14-18-31)36-22-34-10-8-12-38(40(34)24-36)32-19-15-30(6)16-20-32;;;/h7-24,27-28H,25-26H2,1-6H3;2*1H3;/q-2;2*-1;+4. The molecule has 6 aromatic carbocycles. The Balaban J connectivity index is 0.00000176. The van der Waals surface area contributed by atoms with Crippen molar-refractivity contribution in [1.29, 1.82) is 0 Å². The fraction of sp³-hybridized carbons (Fsp3) is 0.256. The minimum absolute atomic E-state index is 0. The number of benzene rings is 4. The number of rotatable bonds is 8. The molecule has 0 aromatic heterocycles. The predicted molar refractivity (Wildman–Crippen MR) is 192 cm³/mol. The van der Waals surface area contributed by atoms with Crippen LogP contribution in [0.15, 0.2) is 109 Å². The molecule has 0 fully saturated rings. The molecule has 0 aliphatic heterocycles. The molecule has 1 heteroatoms. The molecule has 0 amide bonds. The normalized spacial score (nSPS) is 11.5. The number of hydrogen-bond acceptors (Lipinski definition) is 0. The van der Waals surface area contributed by atoms with Gasteiger partial charge in [-0.2, -0.15) is 12.1 Å². The van der Waals surface area contributed by atoms with E-state index in [-0.39, 0.29) is 46.1 Å². The second-order valence-electron chi connectivity index (χ2n) is 13.1. The average Bonchev–Trinajstić information content (AvgIpc) is 3.58. The first-order valence-corrected chi connectivity index (χ1v) is 15.3. The van der Waals surface area contributed by atoms with E-state index in [1.807, 2.05) is 0 Å². The van der Waals surface area contributed by atoms with Crippen molar-refractivity contribution in [1.82, 2.24) is 0 Å². The van der Waals surface area contributed by atoms with E-state index < -0.39 is 0 Å². The minimum atomic E-state index is -0.0601. The Morgan fingerprint density at radius 1 is 0.545 bits per heavy atom. The fourth-order valence-corrected chi connectivity index (χ4v) is 7.11. The summed E-state index contributed by atoms with van der Waals surface area (Å²) in [6.07, 6.45) is 2.25. The molecule has 0 saturated heterocycles. The third kappa shape index (κ3) is 6.79. The zero-order valence-corrected chi connectivity index (χ0v) is 31.6. The molecule has 0 aliphatic rings. The first kappa shape index (κ1) is 35.4. The first-order valence-electron chi connectivity index (χ1n) is 15.3. The topological polar surface area (TPSA) is 0 Å². The molecule has 6 aromatic rings. The SMILES string of the molecule is Cc1ccc(-c2cccc3[cH-]c(C(CC(C)C)(CC(C)C)c4cc5c(-c6ccc(C)cc6)cccc5[cH-]4)cc23)cc1.[CH3-].[CH3-].[Hf+4]. The van der Waals surface area contributed by atoms with Crippen LogP contribution < -0.4 is 0 Å². The molecule has 0 unspecified atom stereocenters. The third-order valence-corrected chi connectivity index (χ3v) is 8.85. The van der Waals surface area contributed by atoms with Crippen LogP contribution in [0.5, 0.6) is 0 Å². The van der Waals surface area contributed by atoms with Crippen LogP contribution in [-0.2, 0) is 31.3 Å². The van der Waals surface area contributed by atoms with Gasteiger partial charge in [0, 0.05) is 0 Å². The molecule has 0 radical (unpaired) electrons. The van der Waals surface area contributed by atoms with Crippen LogP contribution in [0.25, 0.3) is 43.8 Å². The molecule has 0 heterocycles. The van der Waals surface area contributed by atoms with Crippen LogP contribution in [0.1, 0.15) is 62.8 Å². The van der Waals surface area contributed by atoms with E-state index in [0.29, 0.717) is 11.8 Å². The zero-order valence-electron chi connectivity index (χ0n) is 28.0. The van der Waals surface area contributed by atoms with Gasteiger partial charge in [0.2, 0.25) is 0 Å². The fourth-order valence-electron chi connectivity index (χ4n) is 7.11. The van der Waals surface area contributed by atoms with Crippen molar-refractivity contribution < 1.29 is 25.8 Å². The summed E-state index contributed by atoms with van der Waals surface area (Å²) < 4.78 is 0. The van der Waals surface area contributed by atoms with Crippen molar-refractivity contribution in [2.75, 3.05) is 0 Å². The molecule has 6 rings (SSSR count). The predicted octanol–water partition coefficient (Wildman–Crippen LogP) is 12.7. The Morgan fingerprint density at radius 3 is 1.25 bits per heavy atom.